The van der Waals surface area contributed by atoms with Crippen molar-refractivity contribution in [2.24, 2.45) is 0 Å². The van der Waals surface area contributed by atoms with E-state index >= 15 is 0 Å². The summed E-state index contributed by atoms with van der Waals surface area (Å²) in [6, 6.07) is 7.45. The number of benzene rings is 2. The maximum atomic E-state index is 13.4. The molecule has 0 N–H and O–H groups in total. The number of nitrogens with zero attached hydrogens (tertiary/aromatic N) is 3. The molecular formula is C24H19F2N3O4. The lowest BCUT2D eigenvalue weighted by atomic mass is 9.97. The summed E-state index contributed by atoms with van der Waals surface area (Å²) in [6.07, 6.45) is 0.109. The van der Waals surface area contributed by atoms with Crippen LogP contribution in [0.2, 0.25) is 0 Å². The number of rotatable bonds is 3. The van der Waals surface area contributed by atoms with Gasteiger partial charge < -0.3 is 18.9 Å². The minimum atomic E-state index is -3.14. The molecule has 0 unspecified atom stereocenters. The van der Waals surface area contributed by atoms with Gasteiger partial charge >= 0.3 is 12.6 Å². The summed E-state index contributed by atoms with van der Waals surface area (Å²) in [5, 5.41) is 0. The third-order valence-corrected chi connectivity index (χ3v) is 5.73. The molecule has 2 bridgehead atoms. The predicted molar refractivity (Wildman–Crippen MR) is 114 cm³/mol. The molecule has 168 valence electrons. The molecule has 33 heavy (non-hydrogen) atoms. The molecule has 0 saturated carbocycles. The van der Waals surface area contributed by atoms with Crippen molar-refractivity contribution in [1.82, 2.24) is 14.5 Å². The van der Waals surface area contributed by atoms with Crippen LogP contribution in [0.1, 0.15) is 56.8 Å². The third kappa shape index (κ3) is 3.39. The number of fused-ring (bicyclic) bond motifs is 9. The molecule has 0 radical (unpaired) electrons. The minimum Gasteiger partial charge on any atom is -0.456 e. The summed E-state index contributed by atoms with van der Waals surface area (Å²) in [6.45, 7) is -4.10. The normalized spacial score (nSPS) is 20.2. The van der Waals surface area contributed by atoms with Gasteiger partial charge in [-0.2, -0.15) is 8.78 Å². The fourth-order valence-electron chi connectivity index (χ4n) is 4.48. The molecule has 1 aromatic heterocycles. The monoisotopic (exact) mass is 454 g/mol. The van der Waals surface area contributed by atoms with E-state index in [4.69, 9.17) is 13.6 Å². The first kappa shape index (κ1) is 17.6. The zero-order valence-electron chi connectivity index (χ0n) is 20.3. The number of aromatic nitrogens is 2. The number of carbonyl (C=O) groups excluding carboxylic acids is 2. The Balaban J connectivity index is 1.74. The largest absolute Gasteiger partial charge is 0.456 e. The Morgan fingerprint density at radius 2 is 2.18 bits per heavy atom. The number of halogens is 2. The second kappa shape index (κ2) is 7.89. The summed E-state index contributed by atoms with van der Waals surface area (Å²) < 4.78 is 62.0. The van der Waals surface area contributed by atoms with E-state index in [1.807, 2.05) is 0 Å². The number of hydrogen-bond donors (Lipinski definition) is 0. The molecule has 3 heterocycles. The predicted octanol–water partition coefficient (Wildman–Crippen LogP) is 3.67. The van der Waals surface area contributed by atoms with E-state index in [1.165, 1.54) is 18.2 Å². The van der Waals surface area contributed by atoms with Crippen molar-refractivity contribution in [3.05, 3.63) is 58.9 Å². The highest BCUT2D eigenvalue weighted by atomic mass is 19.3. The van der Waals surface area contributed by atoms with Gasteiger partial charge in [0.15, 0.2) is 0 Å². The molecule has 1 amide bonds. The second-order valence-corrected chi connectivity index (χ2v) is 7.55. The Morgan fingerprint density at radius 3 is 2.94 bits per heavy atom. The molecule has 0 aliphatic carbocycles. The Hall–Kier alpha value is -3.93. The van der Waals surface area contributed by atoms with Crippen LogP contribution >= 0.6 is 0 Å². The number of ether oxygens (including phenoxy) is 2. The fourth-order valence-corrected chi connectivity index (χ4v) is 4.48. The molecule has 0 spiro atoms. The summed E-state index contributed by atoms with van der Waals surface area (Å²) >= 11 is 0. The highest BCUT2D eigenvalue weighted by Crippen LogP contribution is 2.49. The fraction of sp³-hybridized carbons (Fsp3) is 0.292. The van der Waals surface area contributed by atoms with Crippen LogP contribution in [0.3, 0.4) is 0 Å². The zero-order valence-corrected chi connectivity index (χ0v) is 17.3. The Kier molecular flexibility index (Phi) is 4.21. The van der Waals surface area contributed by atoms with E-state index < -0.39 is 37.5 Å². The molecule has 2 aromatic carbocycles. The molecule has 2 atom stereocenters. The van der Waals surface area contributed by atoms with Crippen molar-refractivity contribution in [2.75, 3.05) is 13.6 Å². The Morgan fingerprint density at radius 1 is 1.33 bits per heavy atom. The van der Waals surface area contributed by atoms with Crippen LogP contribution in [0.5, 0.6) is 5.75 Å². The van der Waals surface area contributed by atoms with Crippen molar-refractivity contribution < 1.29 is 32.0 Å². The summed E-state index contributed by atoms with van der Waals surface area (Å²) in [7, 11) is 0. The van der Waals surface area contributed by atoms with Crippen molar-refractivity contribution >= 4 is 22.9 Å². The van der Waals surface area contributed by atoms with E-state index in [-0.39, 0.29) is 29.9 Å². The average Bonchev–Trinajstić information content (AvgIpc) is 3.29. The molecule has 5 rings (SSSR count). The summed E-state index contributed by atoms with van der Waals surface area (Å²) in [4.78, 5) is 30.4. The first-order chi connectivity index (χ1) is 17.1. The van der Waals surface area contributed by atoms with Crippen molar-refractivity contribution in [3.8, 4) is 17.6 Å². The van der Waals surface area contributed by atoms with Gasteiger partial charge in [0.2, 0.25) is 0 Å². The number of amides is 1. The molecule has 9 heteroatoms. The first-order valence-electron chi connectivity index (χ1n) is 11.7. The molecule has 0 fully saturated rings. The van der Waals surface area contributed by atoms with Gasteiger partial charge in [0, 0.05) is 40.1 Å². The van der Waals surface area contributed by atoms with Crippen molar-refractivity contribution in [3.63, 3.8) is 0 Å². The maximum Gasteiger partial charge on any atom is 0.387 e. The van der Waals surface area contributed by atoms with Crippen LogP contribution in [-0.4, -0.2) is 46.5 Å². The highest BCUT2D eigenvalue weighted by molar-refractivity contribution is 5.98. The van der Waals surface area contributed by atoms with Crippen LogP contribution in [-0.2, 0) is 9.53 Å². The van der Waals surface area contributed by atoms with Gasteiger partial charge in [0.05, 0.1) is 29.7 Å². The van der Waals surface area contributed by atoms with Crippen LogP contribution < -0.4 is 4.74 Å². The second-order valence-electron chi connectivity index (χ2n) is 7.55. The molecule has 2 aliphatic heterocycles. The number of alkyl halides is 2. The number of hydrogen-bond acceptors (Lipinski definition) is 5. The van der Waals surface area contributed by atoms with E-state index in [0.717, 1.165) is 4.90 Å². The number of imidazole rings is 1. The van der Waals surface area contributed by atoms with E-state index in [2.05, 4.69) is 16.8 Å². The van der Waals surface area contributed by atoms with Crippen molar-refractivity contribution in [1.29, 1.82) is 0 Å². The highest BCUT2D eigenvalue weighted by Gasteiger charge is 2.44. The van der Waals surface area contributed by atoms with Gasteiger partial charge in [-0.15, -0.1) is 0 Å². The molecular weight excluding hydrogens is 432 g/mol. The van der Waals surface area contributed by atoms with Gasteiger partial charge in [0.1, 0.15) is 11.6 Å². The number of esters is 1. The lowest BCUT2D eigenvalue weighted by Gasteiger charge is -2.24. The Bertz CT molecular complexity index is 1460. The molecule has 7 nitrogen and oxygen atoms in total. The average molecular weight is 454 g/mol. The van der Waals surface area contributed by atoms with Crippen LogP contribution in [0.4, 0.5) is 8.78 Å². The van der Waals surface area contributed by atoms with Gasteiger partial charge in [0.25, 0.3) is 5.91 Å². The van der Waals surface area contributed by atoms with Gasteiger partial charge in [-0.1, -0.05) is 12.0 Å². The van der Waals surface area contributed by atoms with Gasteiger partial charge in [-0.25, -0.2) is 9.78 Å². The SMILES string of the molecule is [2H]C([2H])([2H])N1C(=O)c2cccc(OC(F)F)c2[C@H]2C[C@@H]1c1nc3ccc(C#CC(=O)OCC)cc3n12. The quantitative estimate of drug-likeness (QED) is 0.446. The van der Waals surface area contributed by atoms with E-state index in [1.54, 1.807) is 29.7 Å². The summed E-state index contributed by atoms with van der Waals surface area (Å²) in [5.74, 6) is 3.73. The smallest absolute Gasteiger partial charge is 0.387 e. The maximum absolute atomic E-state index is 13.4. The van der Waals surface area contributed by atoms with Gasteiger partial charge in [-0.05, 0) is 37.3 Å². The lowest BCUT2D eigenvalue weighted by molar-refractivity contribution is -0.136. The molecule has 2 aliphatic rings. The standard InChI is InChI=1S/C24H19F2N3O4/c1-3-32-20(30)10-8-13-7-9-15-16(11-13)29-17-12-18(22(29)27-15)28(2)23(31)14-5-4-6-19(21(14)17)33-24(25)26/h4-7,9,11,17-18,24H,3,12H2,1-2H3/t17-,18-/m1/s1/i2D3. The summed E-state index contributed by atoms with van der Waals surface area (Å²) in [5.41, 5.74) is 1.66. The zero-order chi connectivity index (χ0) is 25.8. The van der Waals surface area contributed by atoms with Crippen LogP contribution in [0.15, 0.2) is 36.4 Å². The number of carbonyl (C=O) groups is 2. The molecule has 3 aromatic rings. The van der Waals surface area contributed by atoms with E-state index in [9.17, 15) is 18.4 Å². The van der Waals surface area contributed by atoms with E-state index in [0.29, 0.717) is 22.4 Å². The Labute approximate surface area is 192 Å². The topological polar surface area (TPSA) is 73.7 Å². The minimum absolute atomic E-state index is 0.0254. The first-order valence-corrected chi connectivity index (χ1v) is 10.2. The van der Waals surface area contributed by atoms with Crippen molar-refractivity contribution in [2.45, 2.75) is 32.0 Å². The lowest BCUT2D eigenvalue weighted by Crippen LogP contribution is -2.30. The third-order valence-electron chi connectivity index (χ3n) is 5.73. The van der Waals surface area contributed by atoms with Gasteiger partial charge in [-0.3, -0.25) is 4.79 Å². The van der Waals surface area contributed by atoms with Crippen LogP contribution in [0, 0.1) is 11.8 Å². The molecule has 0 saturated heterocycles. The van der Waals surface area contributed by atoms with Crippen LogP contribution in [0.25, 0.3) is 11.0 Å².